The second kappa shape index (κ2) is 6.58. The molecule has 0 radical (unpaired) electrons. The van der Waals surface area contributed by atoms with Crippen LogP contribution in [0.5, 0.6) is 0 Å². The monoisotopic (exact) mass is 256 g/mol. The molecule has 1 heterocycles. The third kappa shape index (κ3) is 3.60. The lowest BCUT2D eigenvalue weighted by Crippen LogP contribution is -2.54. The van der Waals surface area contributed by atoms with Crippen molar-refractivity contribution in [1.29, 1.82) is 0 Å². The van der Waals surface area contributed by atoms with Crippen molar-refractivity contribution < 1.29 is 9.59 Å². The molecule has 0 bridgehead atoms. The molecule has 6 heteroatoms. The summed E-state index contributed by atoms with van der Waals surface area (Å²) in [6.07, 6.45) is 2.72. The van der Waals surface area contributed by atoms with E-state index in [-0.39, 0.29) is 11.9 Å². The van der Waals surface area contributed by atoms with E-state index in [0.29, 0.717) is 13.1 Å². The van der Waals surface area contributed by atoms with Gasteiger partial charge in [-0.25, -0.2) is 4.79 Å². The van der Waals surface area contributed by atoms with E-state index in [2.05, 4.69) is 16.0 Å². The Morgan fingerprint density at radius 2 is 1.94 bits per heavy atom. The molecule has 0 aromatic heterocycles. The predicted octanol–water partition coefficient (Wildman–Crippen LogP) is -0.0940. The highest BCUT2D eigenvalue weighted by Crippen LogP contribution is 2.22. The van der Waals surface area contributed by atoms with Gasteiger partial charge < -0.3 is 20.9 Å². The molecule has 1 aliphatic heterocycles. The van der Waals surface area contributed by atoms with Crippen LogP contribution in [-0.2, 0) is 4.79 Å². The van der Waals surface area contributed by atoms with Crippen molar-refractivity contribution in [3.05, 3.63) is 0 Å². The van der Waals surface area contributed by atoms with Crippen molar-refractivity contribution >= 4 is 11.9 Å². The Hall–Kier alpha value is -1.30. The van der Waals surface area contributed by atoms with Crippen LogP contribution in [0.15, 0.2) is 0 Å². The Bertz CT molecular complexity index is 298. The van der Waals surface area contributed by atoms with Crippen LogP contribution >= 0.6 is 0 Å². The number of hydrogen-bond donors (Lipinski definition) is 3. The summed E-state index contributed by atoms with van der Waals surface area (Å²) in [7, 11) is 3.37. The molecule has 1 aliphatic rings. The van der Waals surface area contributed by atoms with E-state index in [9.17, 15) is 9.59 Å². The number of rotatable bonds is 5. The molecular weight excluding hydrogens is 232 g/mol. The van der Waals surface area contributed by atoms with E-state index in [0.717, 1.165) is 25.8 Å². The van der Waals surface area contributed by atoms with Gasteiger partial charge in [-0.3, -0.25) is 4.79 Å². The molecule has 1 saturated heterocycles. The van der Waals surface area contributed by atoms with Crippen LogP contribution < -0.4 is 16.0 Å². The first-order chi connectivity index (χ1) is 8.52. The van der Waals surface area contributed by atoms with Crippen LogP contribution in [0.2, 0.25) is 0 Å². The molecule has 1 fully saturated rings. The molecule has 1 rings (SSSR count). The summed E-state index contributed by atoms with van der Waals surface area (Å²) in [4.78, 5) is 24.8. The molecular formula is C12H24N4O2. The summed E-state index contributed by atoms with van der Waals surface area (Å²) >= 11 is 0. The molecule has 0 aliphatic carbocycles. The molecule has 0 spiro atoms. The van der Waals surface area contributed by atoms with Crippen molar-refractivity contribution in [3.8, 4) is 0 Å². The Labute approximate surface area is 108 Å². The maximum absolute atomic E-state index is 12.1. The van der Waals surface area contributed by atoms with Gasteiger partial charge >= 0.3 is 6.03 Å². The van der Waals surface area contributed by atoms with Gasteiger partial charge in [0, 0.05) is 27.2 Å². The average Bonchev–Trinajstić information content (AvgIpc) is 2.83. The normalized spacial score (nSPS) is 22.6. The summed E-state index contributed by atoms with van der Waals surface area (Å²) in [5.41, 5.74) is -0.397. The number of carbonyl (C=O) groups excluding carboxylic acids is 2. The van der Waals surface area contributed by atoms with E-state index in [1.54, 1.807) is 14.1 Å². The number of amides is 3. The zero-order valence-corrected chi connectivity index (χ0v) is 11.5. The van der Waals surface area contributed by atoms with Gasteiger partial charge in [-0.15, -0.1) is 0 Å². The number of nitrogens with one attached hydrogen (secondary N) is 3. The average molecular weight is 256 g/mol. The molecule has 6 nitrogen and oxygen atoms in total. The van der Waals surface area contributed by atoms with E-state index in [1.165, 1.54) is 4.90 Å². The van der Waals surface area contributed by atoms with Crippen LogP contribution in [0.1, 0.15) is 26.2 Å². The van der Waals surface area contributed by atoms with Crippen molar-refractivity contribution in [2.75, 3.05) is 33.7 Å². The zero-order valence-electron chi connectivity index (χ0n) is 11.5. The van der Waals surface area contributed by atoms with Gasteiger partial charge in [-0.05, 0) is 25.8 Å². The van der Waals surface area contributed by atoms with Crippen molar-refractivity contribution in [3.63, 3.8) is 0 Å². The molecule has 3 N–H and O–H groups in total. The largest absolute Gasteiger partial charge is 0.353 e. The Morgan fingerprint density at radius 3 is 2.44 bits per heavy atom. The standard InChI is InChI=1S/C12H24N4O2/c1-4-12(6-5-7-15-12)10(17)13-8-9-14-11(18)16(2)3/h15H,4-9H2,1-3H3,(H,13,17)(H,14,18). The van der Waals surface area contributed by atoms with Gasteiger partial charge in [-0.2, -0.15) is 0 Å². The summed E-state index contributed by atoms with van der Waals surface area (Å²) in [6.45, 7) is 3.83. The van der Waals surface area contributed by atoms with E-state index >= 15 is 0 Å². The van der Waals surface area contributed by atoms with Crippen LogP contribution in [0.3, 0.4) is 0 Å². The first-order valence-electron chi connectivity index (χ1n) is 6.50. The second-order valence-corrected chi connectivity index (χ2v) is 4.85. The first kappa shape index (κ1) is 14.8. The van der Waals surface area contributed by atoms with Gasteiger partial charge in [0.1, 0.15) is 0 Å². The molecule has 0 aromatic carbocycles. The lowest BCUT2D eigenvalue weighted by molar-refractivity contribution is -0.127. The number of nitrogens with zero attached hydrogens (tertiary/aromatic N) is 1. The lowest BCUT2D eigenvalue weighted by Gasteiger charge is -2.26. The minimum Gasteiger partial charge on any atom is -0.353 e. The highest BCUT2D eigenvalue weighted by atomic mass is 16.2. The SMILES string of the molecule is CCC1(C(=O)NCCNC(=O)N(C)C)CCCN1. The van der Waals surface area contributed by atoms with E-state index in [1.807, 2.05) is 6.92 Å². The topological polar surface area (TPSA) is 73.5 Å². The van der Waals surface area contributed by atoms with Gasteiger partial charge in [0.2, 0.25) is 5.91 Å². The maximum atomic E-state index is 12.1. The molecule has 1 unspecified atom stereocenters. The Kier molecular flexibility index (Phi) is 5.40. The molecule has 104 valence electrons. The molecule has 0 saturated carbocycles. The highest BCUT2D eigenvalue weighted by Gasteiger charge is 2.38. The minimum absolute atomic E-state index is 0.0432. The summed E-state index contributed by atoms with van der Waals surface area (Å²) in [5, 5.41) is 8.87. The fourth-order valence-electron chi connectivity index (χ4n) is 2.14. The van der Waals surface area contributed by atoms with Crippen molar-refractivity contribution in [2.24, 2.45) is 0 Å². The smallest absolute Gasteiger partial charge is 0.316 e. The maximum Gasteiger partial charge on any atom is 0.316 e. The summed E-state index contributed by atoms with van der Waals surface area (Å²) in [5.74, 6) is 0.0432. The van der Waals surface area contributed by atoms with Crippen molar-refractivity contribution in [1.82, 2.24) is 20.9 Å². The van der Waals surface area contributed by atoms with Gasteiger partial charge in [0.05, 0.1) is 5.54 Å². The van der Waals surface area contributed by atoms with Gasteiger partial charge in [-0.1, -0.05) is 6.92 Å². The zero-order chi connectivity index (χ0) is 13.6. The fourth-order valence-corrected chi connectivity index (χ4v) is 2.14. The third-order valence-corrected chi connectivity index (χ3v) is 3.37. The summed E-state index contributed by atoms with van der Waals surface area (Å²) < 4.78 is 0. The predicted molar refractivity (Wildman–Crippen MR) is 70.4 cm³/mol. The summed E-state index contributed by atoms with van der Waals surface area (Å²) in [6, 6.07) is -0.145. The number of urea groups is 1. The Balaban J connectivity index is 2.27. The second-order valence-electron chi connectivity index (χ2n) is 4.85. The van der Waals surface area contributed by atoms with Gasteiger partial charge in [0.25, 0.3) is 0 Å². The first-order valence-corrected chi connectivity index (χ1v) is 6.50. The Morgan fingerprint density at radius 1 is 1.28 bits per heavy atom. The van der Waals surface area contributed by atoms with E-state index in [4.69, 9.17) is 0 Å². The van der Waals surface area contributed by atoms with Crippen LogP contribution in [0.25, 0.3) is 0 Å². The van der Waals surface area contributed by atoms with Gasteiger partial charge in [0.15, 0.2) is 0 Å². The fraction of sp³-hybridized carbons (Fsp3) is 0.833. The number of carbonyl (C=O) groups is 2. The van der Waals surface area contributed by atoms with Crippen LogP contribution in [-0.4, -0.2) is 56.1 Å². The lowest BCUT2D eigenvalue weighted by atomic mass is 9.93. The van der Waals surface area contributed by atoms with E-state index < -0.39 is 5.54 Å². The van der Waals surface area contributed by atoms with Crippen LogP contribution in [0.4, 0.5) is 4.79 Å². The minimum atomic E-state index is -0.397. The highest BCUT2D eigenvalue weighted by molar-refractivity contribution is 5.86. The van der Waals surface area contributed by atoms with Crippen molar-refractivity contribution in [2.45, 2.75) is 31.7 Å². The molecule has 1 atom stereocenters. The molecule has 3 amide bonds. The quantitative estimate of drug-likeness (QED) is 0.602. The van der Waals surface area contributed by atoms with Crippen LogP contribution in [0, 0.1) is 0 Å². The molecule has 18 heavy (non-hydrogen) atoms. The number of hydrogen-bond acceptors (Lipinski definition) is 3. The molecule has 0 aromatic rings. The third-order valence-electron chi connectivity index (χ3n) is 3.37.